The Morgan fingerprint density at radius 2 is 2.33 bits per heavy atom. The minimum atomic E-state index is -0.0969. The van der Waals surface area contributed by atoms with Crippen molar-refractivity contribution in [3.05, 3.63) is 34.3 Å². The second-order valence-electron chi connectivity index (χ2n) is 3.44. The normalized spacial score (nSPS) is 14.7. The van der Waals surface area contributed by atoms with Crippen LogP contribution >= 0.6 is 11.6 Å². The van der Waals surface area contributed by atoms with E-state index in [2.05, 4.69) is 0 Å². The van der Waals surface area contributed by atoms with Crippen molar-refractivity contribution in [1.29, 1.82) is 5.26 Å². The number of carbonyl (C=O) groups is 1. The zero-order valence-corrected chi connectivity index (χ0v) is 8.79. The molecule has 1 aromatic carbocycles. The van der Waals surface area contributed by atoms with E-state index in [-0.39, 0.29) is 12.5 Å². The van der Waals surface area contributed by atoms with Gasteiger partial charge in [0.25, 0.3) is 5.91 Å². The van der Waals surface area contributed by atoms with Crippen LogP contribution in [0.1, 0.15) is 15.9 Å². The van der Waals surface area contributed by atoms with Crippen molar-refractivity contribution < 1.29 is 4.79 Å². The minimum absolute atomic E-state index is 0.0969. The number of nitrogens with zero attached hydrogens (tertiary/aromatic N) is 2. The summed E-state index contributed by atoms with van der Waals surface area (Å²) in [5.41, 5.74) is 1.64. The second-order valence-corrected chi connectivity index (χ2v) is 3.87. The van der Waals surface area contributed by atoms with E-state index in [1.807, 2.05) is 12.1 Å². The Kier molecular flexibility index (Phi) is 2.61. The largest absolute Gasteiger partial charge is 0.325 e. The number of rotatable bonds is 1. The fourth-order valence-corrected chi connectivity index (χ4v) is 1.90. The molecule has 1 heterocycles. The van der Waals surface area contributed by atoms with E-state index >= 15 is 0 Å². The molecule has 3 nitrogen and oxygen atoms in total. The van der Waals surface area contributed by atoms with Gasteiger partial charge in [-0.2, -0.15) is 5.26 Å². The molecule has 0 unspecified atom stereocenters. The van der Waals surface area contributed by atoms with Crippen molar-refractivity contribution in [2.75, 3.05) is 13.1 Å². The van der Waals surface area contributed by atoms with Crippen LogP contribution in [0, 0.1) is 11.3 Å². The first-order valence-corrected chi connectivity index (χ1v) is 5.05. The molecule has 0 aliphatic carbocycles. The number of hydrogen-bond acceptors (Lipinski definition) is 2. The lowest BCUT2D eigenvalue weighted by Gasteiger charge is -2.26. The van der Waals surface area contributed by atoms with Crippen LogP contribution in [-0.4, -0.2) is 23.9 Å². The molecule has 1 amide bonds. The number of nitriles is 1. The summed E-state index contributed by atoms with van der Waals surface area (Å²) in [5, 5.41) is 9.13. The van der Waals surface area contributed by atoms with Crippen LogP contribution in [0.4, 0.5) is 0 Å². The summed E-state index contributed by atoms with van der Waals surface area (Å²) < 4.78 is 0. The average molecular weight is 221 g/mol. The quantitative estimate of drug-likeness (QED) is 0.678. The van der Waals surface area contributed by atoms with Crippen LogP contribution in [0.2, 0.25) is 5.02 Å². The van der Waals surface area contributed by atoms with Gasteiger partial charge in [0.15, 0.2) is 0 Å². The van der Waals surface area contributed by atoms with Crippen LogP contribution in [0.15, 0.2) is 18.2 Å². The Morgan fingerprint density at radius 3 is 3.07 bits per heavy atom. The molecule has 1 aliphatic rings. The molecule has 0 fully saturated rings. The Hall–Kier alpha value is -1.53. The van der Waals surface area contributed by atoms with Crippen LogP contribution in [0.3, 0.4) is 0 Å². The molecule has 4 heteroatoms. The molecule has 0 bridgehead atoms. The highest BCUT2D eigenvalue weighted by atomic mass is 35.5. The predicted octanol–water partition coefficient (Wildman–Crippen LogP) is 1.86. The molecular weight excluding hydrogens is 212 g/mol. The van der Waals surface area contributed by atoms with Crippen molar-refractivity contribution in [3.8, 4) is 6.07 Å². The second kappa shape index (κ2) is 3.92. The molecule has 15 heavy (non-hydrogen) atoms. The maximum atomic E-state index is 11.9. The van der Waals surface area contributed by atoms with E-state index < -0.39 is 0 Å². The van der Waals surface area contributed by atoms with Crippen molar-refractivity contribution >= 4 is 17.5 Å². The number of hydrogen-bond donors (Lipinski definition) is 0. The number of halogens is 1. The van der Waals surface area contributed by atoms with Gasteiger partial charge in [0.2, 0.25) is 0 Å². The van der Waals surface area contributed by atoms with Crippen molar-refractivity contribution in [2.45, 2.75) is 6.42 Å². The van der Waals surface area contributed by atoms with Gasteiger partial charge in [-0.05, 0) is 24.1 Å². The van der Waals surface area contributed by atoms with Gasteiger partial charge in [-0.25, -0.2) is 0 Å². The molecule has 0 radical (unpaired) electrons. The van der Waals surface area contributed by atoms with E-state index in [9.17, 15) is 4.79 Å². The molecule has 0 atom stereocenters. The van der Waals surface area contributed by atoms with Gasteiger partial charge in [-0.3, -0.25) is 4.79 Å². The summed E-state index contributed by atoms with van der Waals surface area (Å²) in [7, 11) is 0. The lowest BCUT2D eigenvalue weighted by Crippen LogP contribution is -2.37. The molecular formula is C11H9ClN2O. The zero-order chi connectivity index (χ0) is 10.8. The highest BCUT2D eigenvalue weighted by Crippen LogP contribution is 2.22. The molecule has 0 N–H and O–H groups in total. The van der Waals surface area contributed by atoms with E-state index in [0.717, 1.165) is 12.0 Å². The molecule has 0 saturated carbocycles. The topological polar surface area (TPSA) is 44.1 Å². The third kappa shape index (κ3) is 1.81. The smallest absolute Gasteiger partial charge is 0.255 e. The number of benzene rings is 1. The lowest BCUT2D eigenvalue weighted by atomic mass is 9.99. The van der Waals surface area contributed by atoms with Gasteiger partial charge in [-0.1, -0.05) is 17.7 Å². The lowest BCUT2D eigenvalue weighted by molar-refractivity contribution is 0.0761. The van der Waals surface area contributed by atoms with E-state index in [4.69, 9.17) is 16.9 Å². The summed E-state index contributed by atoms with van der Waals surface area (Å²) in [4.78, 5) is 13.4. The molecule has 0 aromatic heterocycles. The zero-order valence-electron chi connectivity index (χ0n) is 8.03. The molecule has 1 aromatic rings. The summed E-state index contributed by atoms with van der Waals surface area (Å²) in [5.74, 6) is -0.0969. The molecule has 2 rings (SSSR count). The highest BCUT2D eigenvalue weighted by Gasteiger charge is 2.23. The van der Waals surface area contributed by atoms with Gasteiger partial charge in [-0.15, -0.1) is 0 Å². The van der Waals surface area contributed by atoms with Gasteiger partial charge in [0, 0.05) is 17.1 Å². The van der Waals surface area contributed by atoms with E-state index in [1.54, 1.807) is 17.0 Å². The predicted molar refractivity (Wildman–Crippen MR) is 56.7 cm³/mol. The SMILES string of the molecule is N#CCN1CCc2ccc(Cl)cc2C1=O. The first-order valence-electron chi connectivity index (χ1n) is 4.67. The molecule has 0 saturated heterocycles. The molecule has 1 aliphatic heterocycles. The monoisotopic (exact) mass is 220 g/mol. The highest BCUT2D eigenvalue weighted by molar-refractivity contribution is 6.31. The summed E-state index contributed by atoms with van der Waals surface area (Å²) in [6.07, 6.45) is 0.792. The van der Waals surface area contributed by atoms with Crippen molar-refractivity contribution in [2.24, 2.45) is 0 Å². The Morgan fingerprint density at radius 1 is 1.53 bits per heavy atom. The maximum absolute atomic E-state index is 11.9. The third-order valence-corrected chi connectivity index (χ3v) is 2.74. The number of fused-ring (bicyclic) bond motifs is 1. The van der Waals surface area contributed by atoms with Crippen LogP contribution < -0.4 is 0 Å². The van der Waals surface area contributed by atoms with Gasteiger partial charge in [0.1, 0.15) is 6.54 Å². The summed E-state index contributed by atoms with van der Waals surface area (Å²) in [6, 6.07) is 7.31. The standard InChI is InChI=1S/C11H9ClN2O/c12-9-2-1-8-3-5-14(6-4-13)11(15)10(8)7-9/h1-2,7H,3,5-6H2. The summed E-state index contributed by atoms with van der Waals surface area (Å²) in [6.45, 7) is 0.756. The Labute approximate surface area is 92.9 Å². The Balaban J connectivity index is 2.37. The summed E-state index contributed by atoms with van der Waals surface area (Å²) >= 11 is 5.83. The first kappa shape index (κ1) is 10.0. The van der Waals surface area contributed by atoms with Gasteiger partial charge >= 0.3 is 0 Å². The Bertz CT molecular complexity index is 450. The average Bonchev–Trinajstić information content (AvgIpc) is 2.23. The third-order valence-electron chi connectivity index (χ3n) is 2.50. The van der Waals surface area contributed by atoms with Crippen LogP contribution in [-0.2, 0) is 6.42 Å². The fourth-order valence-electron chi connectivity index (χ4n) is 1.73. The van der Waals surface area contributed by atoms with Gasteiger partial charge in [0.05, 0.1) is 6.07 Å². The number of carbonyl (C=O) groups excluding carboxylic acids is 1. The van der Waals surface area contributed by atoms with Crippen LogP contribution in [0.25, 0.3) is 0 Å². The maximum Gasteiger partial charge on any atom is 0.255 e. The van der Waals surface area contributed by atoms with Crippen LogP contribution in [0.5, 0.6) is 0 Å². The van der Waals surface area contributed by atoms with E-state index in [0.29, 0.717) is 17.1 Å². The van der Waals surface area contributed by atoms with Crippen molar-refractivity contribution in [3.63, 3.8) is 0 Å². The minimum Gasteiger partial charge on any atom is -0.325 e. The van der Waals surface area contributed by atoms with E-state index in [1.165, 1.54) is 0 Å². The molecule has 76 valence electrons. The molecule has 0 spiro atoms. The first-order chi connectivity index (χ1) is 7.22. The fraction of sp³-hybridized carbons (Fsp3) is 0.273. The van der Waals surface area contributed by atoms with Gasteiger partial charge < -0.3 is 4.90 Å². The van der Waals surface area contributed by atoms with Crippen molar-refractivity contribution in [1.82, 2.24) is 4.90 Å². The number of amides is 1.